The minimum atomic E-state index is -3.93. The molecule has 1 aliphatic heterocycles. The van der Waals surface area contributed by atoms with Crippen LogP contribution in [0.2, 0.25) is 0 Å². The number of benzene rings is 2. The van der Waals surface area contributed by atoms with Gasteiger partial charge in [-0.2, -0.15) is 0 Å². The van der Waals surface area contributed by atoms with Crippen LogP contribution in [0.25, 0.3) is 0 Å². The maximum Gasteiger partial charge on any atom is 0.252 e. The molecule has 1 aliphatic rings. The average molecular weight is 387 g/mol. The van der Waals surface area contributed by atoms with Gasteiger partial charge in [-0.1, -0.05) is 44.2 Å². The van der Waals surface area contributed by atoms with E-state index < -0.39 is 22.0 Å². The van der Waals surface area contributed by atoms with E-state index in [-0.39, 0.29) is 28.8 Å². The molecule has 0 saturated heterocycles. The molecule has 8 heteroatoms. The molecule has 2 amide bonds. The first kappa shape index (κ1) is 19.1. The van der Waals surface area contributed by atoms with Crippen molar-refractivity contribution in [3.05, 3.63) is 54.1 Å². The smallest absolute Gasteiger partial charge is 0.252 e. The zero-order valence-electron chi connectivity index (χ0n) is 15.0. The number of hydrogen-bond donors (Lipinski definition) is 2. The molecule has 0 saturated carbocycles. The molecule has 27 heavy (non-hydrogen) atoms. The molecule has 3 N–H and O–H groups in total. The zero-order chi connectivity index (χ0) is 19.8. The monoisotopic (exact) mass is 387 g/mol. The largest absolute Gasteiger partial charge is 0.322 e. The minimum absolute atomic E-state index is 0.103. The highest BCUT2D eigenvalue weighted by Gasteiger charge is 2.38. The van der Waals surface area contributed by atoms with E-state index in [1.165, 1.54) is 23.1 Å². The number of carbonyl (C=O) groups excluding carboxylic acids is 2. The molecule has 1 atom stereocenters. The van der Waals surface area contributed by atoms with E-state index in [0.29, 0.717) is 11.3 Å². The van der Waals surface area contributed by atoms with E-state index in [9.17, 15) is 18.0 Å². The van der Waals surface area contributed by atoms with Crippen molar-refractivity contribution in [1.82, 2.24) is 0 Å². The van der Waals surface area contributed by atoms with Crippen LogP contribution in [0.1, 0.15) is 31.9 Å². The van der Waals surface area contributed by atoms with E-state index in [1.54, 1.807) is 24.3 Å². The third kappa shape index (κ3) is 3.86. The summed E-state index contributed by atoms with van der Waals surface area (Å²) in [6.45, 7) is 3.84. The minimum Gasteiger partial charge on any atom is -0.322 e. The summed E-state index contributed by atoms with van der Waals surface area (Å²) in [6.07, 6.45) is 0.257. The number of carbonyl (C=O) groups is 2. The summed E-state index contributed by atoms with van der Waals surface area (Å²) in [5, 5.41) is 7.89. The van der Waals surface area contributed by atoms with Gasteiger partial charge in [0, 0.05) is 6.42 Å². The highest BCUT2D eigenvalue weighted by molar-refractivity contribution is 7.89. The third-order valence-electron chi connectivity index (χ3n) is 4.29. The van der Waals surface area contributed by atoms with Crippen molar-refractivity contribution in [3.63, 3.8) is 0 Å². The van der Waals surface area contributed by atoms with Crippen LogP contribution in [0.15, 0.2) is 53.4 Å². The Labute approximate surface area is 158 Å². The quantitative estimate of drug-likeness (QED) is 0.839. The lowest BCUT2D eigenvalue weighted by Crippen LogP contribution is -2.45. The van der Waals surface area contributed by atoms with Gasteiger partial charge in [0.1, 0.15) is 6.04 Å². The van der Waals surface area contributed by atoms with Gasteiger partial charge in [-0.3, -0.25) is 14.5 Å². The van der Waals surface area contributed by atoms with Crippen LogP contribution in [0, 0.1) is 5.92 Å². The molecule has 0 spiro atoms. The van der Waals surface area contributed by atoms with Gasteiger partial charge in [-0.15, -0.1) is 0 Å². The number of anilines is 2. The Bertz CT molecular complexity index is 987. The Morgan fingerprint density at radius 2 is 1.85 bits per heavy atom. The zero-order valence-corrected chi connectivity index (χ0v) is 15.9. The predicted octanol–water partition coefficient (Wildman–Crippen LogP) is 2.41. The van der Waals surface area contributed by atoms with Gasteiger partial charge in [0.2, 0.25) is 15.9 Å². The number of sulfonamides is 1. The highest BCUT2D eigenvalue weighted by Crippen LogP contribution is 2.40. The second-order valence-corrected chi connectivity index (χ2v) is 8.45. The normalized spacial score (nSPS) is 16.8. The molecule has 1 heterocycles. The van der Waals surface area contributed by atoms with Gasteiger partial charge < -0.3 is 5.32 Å². The topological polar surface area (TPSA) is 110 Å². The Morgan fingerprint density at radius 1 is 1.19 bits per heavy atom. The molecular weight excluding hydrogens is 366 g/mol. The number of nitrogens with zero attached hydrogens (tertiary/aromatic N) is 1. The number of nitrogens with two attached hydrogens (primary N) is 1. The highest BCUT2D eigenvalue weighted by atomic mass is 32.2. The second kappa shape index (κ2) is 7.13. The van der Waals surface area contributed by atoms with Crippen molar-refractivity contribution >= 4 is 33.2 Å². The predicted molar refractivity (Wildman–Crippen MR) is 103 cm³/mol. The number of nitrogens with one attached hydrogen (secondary N) is 1. The molecule has 0 aromatic heterocycles. The van der Waals surface area contributed by atoms with Crippen molar-refractivity contribution in [2.45, 2.75) is 31.2 Å². The standard InChI is InChI=1S/C19H21N3O4S/c1-12(2)10-17(23)22-16-9-8-14(27(20,25)26)11-15(16)21-19(24)18(22)13-6-4-3-5-7-13/h3-9,11-12,18H,10H2,1-2H3,(H,21,24)(H2,20,25,26). The van der Waals surface area contributed by atoms with Gasteiger partial charge in [0.25, 0.3) is 5.91 Å². The van der Waals surface area contributed by atoms with Gasteiger partial charge in [-0.05, 0) is 29.7 Å². The average Bonchev–Trinajstić information content (AvgIpc) is 2.59. The second-order valence-electron chi connectivity index (χ2n) is 6.89. The first-order chi connectivity index (χ1) is 12.7. The molecule has 7 nitrogen and oxygen atoms in total. The van der Waals surface area contributed by atoms with Crippen molar-refractivity contribution in [1.29, 1.82) is 0 Å². The molecule has 0 radical (unpaired) electrons. The first-order valence-electron chi connectivity index (χ1n) is 8.53. The maximum absolute atomic E-state index is 13.0. The molecule has 142 valence electrons. The van der Waals surface area contributed by atoms with Crippen LogP contribution < -0.4 is 15.4 Å². The molecule has 2 aromatic carbocycles. The van der Waals surface area contributed by atoms with Crippen LogP contribution in [0.3, 0.4) is 0 Å². The SMILES string of the molecule is CC(C)CC(=O)N1c2ccc(S(N)(=O)=O)cc2NC(=O)C1c1ccccc1. The van der Waals surface area contributed by atoms with E-state index in [4.69, 9.17) is 5.14 Å². The molecule has 3 rings (SSSR count). The van der Waals surface area contributed by atoms with Crippen LogP contribution in [-0.4, -0.2) is 20.2 Å². The van der Waals surface area contributed by atoms with E-state index in [2.05, 4.69) is 5.32 Å². The fraction of sp³-hybridized carbons (Fsp3) is 0.263. The van der Waals surface area contributed by atoms with E-state index in [1.807, 2.05) is 19.9 Å². The summed E-state index contributed by atoms with van der Waals surface area (Å²) < 4.78 is 23.3. The fourth-order valence-electron chi connectivity index (χ4n) is 3.12. The summed E-state index contributed by atoms with van der Waals surface area (Å²) in [6, 6.07) is 12.3. The Balaban J connectivity index is 2.15. The van der Waals surface area contributed by atoms with Gasteiger partial charge in [0.15, 0.2) is 0 Å². The number of fused-ring (bicyclic) bond motifs is 1. The summed E-state index contributed by atoms with van der Waals surface area (Å²) >= 11 is 0. The van der Waals surface area contributed by atoms with Gasteiger partial charge in [0.05, 0.1) is 16.3 Å². The Kier molecular flexibility index (Phi) is 5.03. The van der Waals surface area contributed by atoms with Crippen LogP contribution in [0.4, 0.5) is 11.4 Å². The molecule has 0 aliphatic carbocycles. The van der Waals surface area contributed by atoms with Gasteiger partial charge in [-0.25, -0.2) is 13.6 Å². The lowest BCUT2D eigenvalue weighted by Gasteiger charge is -2.37. The summed E-state index contributed by atoms with van der Waals surface area (Å²) in [4.78, 5) is 27.1. The van der Waals surface area contributed by atoms with Crippen LogP contribution in [-0.2, 0) is 19.6 Å². The number of primary sulfonamides is 1. The lowest BCUT2D eigenvalue weighted by molar-refractivity contribution is -0.124. The number of amides is 2. The van der Waals surface area contributed by atoms with Crippen LogP contribution in [0.5, 0.6) is 0 Å². The Morgan fingerprint density at radius 3 is 2.44 bits per heavy atom. The maximum atomic E-state index is 13.0. The van der Waals surface area contributed by atoms with Crippen molar-refractivity contribution in [2.24, 2.45) is 11.1 Å². The van der Waals surface area contributed by atoms with Gasteiger partial charge >= 0.3 is 0 Å². The van der Waals surface area contributed by atoms with Crippen molar-refractivity contribution in [2.75, 3.05) is 10.2 Å². The van der Waals surface area contributed by atoms with E-state index in [0.717, 1.165) is 0 Å². The summed E-state index contributed by atoms with van der Waals surface area (Å²) in [5.74, 6) is -0.512. The Hall–Kier alpha value is -2.71. The van der Waals surface area contributed by atoms with Crippen molar-refractivity contribution < 1.29 is 18.0 Å². The first-order valence-corrected chi connectivity index (χ1v) is 10.1. The lowest BCUT2D eigenvalue weighted by atomic mass is 9.98. The third-order valence-corrected chi connectivity index (χ3v) is 5.20. The van der Waals surface area contributed by atoms with E-state index >= 15 is 0 Å². The van der Waals surface area contributed by atoms with Crippen molar-refractivity contribution in [3.8, 4) is 0 Å². The molecule has 0 fully saturated rings. The molecule has 1 unspecified atom stereocenters. The van der Waals surface area contributed by atoms with Crippen LogP contribution >= 0.6 is 0 Å². The summed E-state index contributed by atoms with van der Waals surface area (Å²) in [7, 11) is -3.93. The molecular formula is C19H21N3O4S. The fourth-order valence-corrected chi connectivity index (χ4v) is 3.66. The number of hydrogen-bond acceptors (Lipinski definition) is 4. The molecule has 2 aromatic rings. The number of rotatable bonds is 4. The molecule has 0 bridgehead atoms. The summed E-state index contributed by atoms with van der Waals surface area (Å²) in [5.41, 5.74) is 1.37.